The monoisotopic (exact) mass is 313 g/mol. The number of hydrogen-bond acceptors (Lipinski definition) is 4. The number of terminal acetylenes is 1. The predicted octanol–water partition coefficient (Wildman–Crippen LogP) is 0.665. The minimum Gasteiger partial charge on any atom is -0.481 e. The molecule has 0 aromatic carbocycles. The normalized spacial score (nSPS) is 12.1. The highest BCUT2D eigenvalue weighted by atomic mass is 32.2. The third-order valence-electron chi connectivity index (χ3n) is 2.87. The lowest BCUT2D eigenvalue weighted by atomic mass is 10.1. The fourth-order valence-electron chi connectivity index (χ4n) is 1.91. The number of hydrogen-bond donors (Lipinski definition) is 2. The van der Waals surface area contributed by atoms with Gasteiger partial charge in [0.15, 0.2) is 0 Å². The number of aliphatic carboxylic acids is 1. The van der Waals surface area contributed by atoms with Gasteiger partial charge in [-0.3, -0.25) is 9.48 Å². The van der Waals surface area contributed by atoms with Crippen molar-refractivity contribution in [1.29, 1.82) is 0 Å². The minimum absolute atomic E-state index is 0.0382. The number of carbonyl (C=O) groups is 1. The number of carboxylic acids is 1. The topological polar surface area (TPSA) is 101 Å². The molecule has 0 fully saturated rings. The molecule has 0 aliphatic carbocycles. The Morgan fingerprint density at radius 2 is 2.05 bits per heavy atom. The van der Waals surface area contributed by atoms with Crippen LogP contribution in [-0.4, -0.2) is 34.8 Å². The largest absolute Gasteiger partial charge is 0.481 e. The number of aryl methyl sites for hydroxylation is 2. The molecule has 1 rings (SSSR count). The van der Waals surface area contributed by atoms with Gasteiger partial charge in [-0.05, 0) is 27.7 Å². The number of sulfonamides is 1. The zero-order chi connectivity index (χ0) is 16.4. The van der Waals surface area contributed by atoms with Gasteiger partial charge in [-0.2, -0.15) is 9.82 Å². The SMILES string of the molecule is C#CC(C)(C)NS(=O)(=O)c1c(C)nn(CCC(=O)O)c1C. The Bertz CT molecular complexity index is 696. The molecule has 0 aliphatic rings. The highest BCUT2D eigenvalue weighted by Gasteiger charge is 2.29. The fourth-order valence-corrected chi connectivity index (χ4v) is 3.66. The first-order chi connectivity index (χ1) is 9.50. The Hall–Kier alpha value is -1.85. The zero-order valence-corrected chi connectivity index (χ0v) is 13.3. The Kier molecular flexibility index (Phi) is 4.81. The second kappa shape index (κ2) is 5.87. The van der Waals surface area contributed by atoms with Gasteiger partial charge in [0.05, 0.1) is 29.9 Å². The lowest BCUT2D eigenvalue weighted by Crippen LogP contribution is -2.42. The molecule has 8 heteroatoms. The Morgan fingerprint density at radius 1 is 1.48 bits per heavy atom. The van der Waals surface area contributed by atoms with Crippen LogP contribution in [0.4, 0.5) is 0 Å². The average Bonchev–Trinajstić information content (AvgIpc) is 2.61. The second-order valence-electron chi connectivity index (χ2n) is 5.24. The van der Waals surface area contributed by atoms with E-state index in [9.17, 15) is 13.2 Å². The molecule has 7 nitrogen and oxygen atoms in total. The smallest absolute Gasteiger partial charge is 0.305 e. The van der Waals surface area contributed by atoms with Crippen LogP contribution in [0.1, 0.15) is 31.7 Å². The summed E-state index contributed by atoms with van der Waals surface area (Å²) < 4.78 is 28.6. The Morgan fingerprint density at radius 3 is 2.52 bits per heavy atom. The van der Waals surface area contributed by atoms with Crippen molar-refractivity contribution in [3.63, 3.8) is 0 Å². The van der Waals surface area contributed by atoms with E-state index in [2.05, 4.69) is 15.7 Å². The molecule has 0 aliphatic heterocycles. The second-order valence-corrected chi connectivity index (χ2v) is 6.86. The molecule has 0 amide bonds. The summed E-state index contributed by atoms with van der Waals surface area (Å²) in [7, 11) is -3.83. The molecule has 116 valence electrons. The van der Waals surface area contributed by atoms with Gasteiger partial charge in [-0.25, -0.2) is 8.42 Å². The van der Waals surface area contributed by atoms with E-state index in [1.165, 1.54) is 4.68 Å². The standard InChI is InChI=1S/C13H19N3O4S/c1-6-13(4,5)15-21(19,20)12-9(2)14-16(10(12)3)8-7-11(17)18/h1,15H,7-8H2,2-5H3,(H,17,18). The third kappa shape index (κ3) is 4.06. The van der Waals surface area contributed by atoms with Gasteiger partial charge in [0.25, 0.3) is 0 Å². The summed E-state index contributed by atoms with van der Waals surface area (Å²) in [6.07, 6.45) is 5.16. The van der Waals surface area contributed by atoms with Crippen molar-refractivity contribution in [2.75, 3.05) is 0 Å². The first kappa shape index (κ1) is 17.2. The van der Waals surface area contributed by atoms with E-state index in [0.29, 0.717) is 11.4 Å². The molecule has 1 aromatic heterocycles. The summed E-state index contributed by atoms with van der Waals surface area (Å²) in [5.41, 5.74) is -0.340. The fraction of sp³-hybridized carbons (Fsp3) is 0.538. The van der Waals surface area contributed by atoms with Crippen LogP contribution in [-0.2, 0) is 21.4 Å². The Labute approximate surface area is 124 Å². The van der Waals surface area contributed by atoms with E-state index in [0.717, 1.165) is 0 Å². The molecule has 0 spiro atoms. The van der Waals surface area contributed by atoms with Gasteiger partial charge in [0.2, 0.25) is 10.0 Å². The molecule has 21 heavy (non-hydrogen) atoms. The van der Waals surface area contributed by atoms with Gasteiger partial charge < -0.3 is 5.11 Å². The summed E-state index contributed by atoms with van der Waals surface area (Å²) in [5.74, 6) is 1.38. The van der Waals surface area contributed by atoms with Crippen LogP contribution in [0.5, 0.6) is 0 Å². The average molecular weight is 313 g/mol. The van der Waals surface area contributed by atoms with Gasteiger partial charge in [-0.1, -0.05) is 5.92 Å². The van der Waals surface area contributed by atoms with Crippen LogP contribution in [0.2, 0.25) is 0 Å². The van der Waals surface area contributed by atoms with Crippen molar-refractivity contribution in [2.45, 2.75) is 51.1 Å². The van der Waals surface area contributed by atoms with E-state index in [1.54, 1.807) is 27.7 Å². The maximum atomic E-state index is 12.4. The van der Waals surface area contributed by atoms with Gasteiger partial charge >= 0.3 is 5.97 Å². The van der Waals surface area contributed by atoms with Crippen molar-refractivity contribution in [1.82, 2.24) is 14.5 Å². The molecule has 0 unspecified atom stereocenters. The summed E-state index contributed by atoms with van der Waals surface area (Å²) >= 11 is 0. The van der Waals surface area contributed by atoms with Crippen LogP contribution < -0.4 is 4.72 Å². The van der Waals surface area contributed by atoms with Crippen LogP contribution in [0.3, 0.4) is 0 Å². The molecular formula is C13H19N3O4S. The highest BCUT2D eigenvalue weighted by molar-refractivity contribution is 7.89. The molecular weight excluding hydrogens is 294 g/mol. The van der Waals surface area contributed by atoms with E-state index in [1.807, 2.05) is 0 Å². The molecule has 1 aromatic rings. The Balaban J connectivity index is 3.20. The van der Waals surface area contributed by atoms with Crippen molar-refractivity contribution >= 4 is 16.0 Å². The summed E-state index contributed by atoms with van der Waals surface area (Å²) in [6.45, 7) is 6.39. The van der Waals surface area contributed by atoms with Crippen LogP contribution in [0.25, 0.3) is 0 Å². The van der Waals surface area contributed by atoms with Crippen LogP contribution in [0, 0.1) is 26.2 Å². The van der Waals surface area contributed by atoms with Gasteiger partial charge in [0, 0.05) is 0 Å². The van der Waals surface area contributed by atoms with Crippen molar-refractivity contribution in [3.05, 3.63) is 11.4 Å². The van der Waals surface area contributed by atoms with E-state index in [4.69, 9.17) is 11.5 Å². The van der Waals surface area contributed by atoms with Crippen molar-refractivity contribution in [2.24, 2.45) is 0 Å². The quantitative estimate of drug-likeness (QED) is 0.751. The lowest BCUT2D eigenvalue weighted by Gasteiger charge is -2.19. The first-order valence-electron chi connectivity index (χ1n) is 6.27. The van der Waals surface area contributed by atoms with Crippen molar-refractivity contribution in [3.8, 4) is 12.3 Å². The van der Waals surface area contributed by atoms with E-state index < -0.39 is 21.5 Å². The summed E-state index contributed by atoms with van der Waals surface area (Å²) in [4.78, 5) is 10.6. The lowest BCUT2D eigenvalue weighted by molar-refractivity contribution is -0.137. The molecule has 0 radical (unpaired) electrons. The van der Waals surface area contributed by atoms with E-state index in [-0.39, 0.29) is 17.9 Å². The molecule has 1 heterocycles. The summed E-state index contributed by atoms with van der Waals surface area (Å²) in [6, 6.07) is 0. The minimum atomic E-state index is -3.83. The van der Waals surface area contributed by atoms with Crippen LogP contribution in [0.15, 0.2) is 4.90 Å². The molecule has 0 bridgehead atoms. The molecule has 2 N–H and O–H groups in total. The predicted molar refractivity (Wildman–Crippen MR) is 77.2 cm³/mol. The van der Waals surface area contributed by atoms with Crippen molar-refractivity contribution < 1.29 is 18.3 Å². The maximum Gasteiger partial charge on any atom is 0.305 e. The zero-order valence-electron chi connectivity index (χ0n) is 12.5. The number of nitrogens with one attached hydrogen (secondary N) is 1. The van der Waals surface area contributed by atoms with E-state index >= 15 is 0 Å². The molecule has 0 saturated heterocycles. The number of rotatable bonds is 6. The third-order valence-corrected chi connectivity index (χ3v) is 4.78. The van der Waals surface area contributed by atoms with Gasteiger partial charge in [-0.15, -0.1) is 6.42 Å². The molecule has 0 saturated carbocycles. The number of carboxylic acid groups (broad SMARTS) is 1. The number of nitrogens with zero attached hydrogens (tertiary/aromatic N) is 2. The summed E-state index contributed by atoms with van der Waals surface area (Å²) in [5, 5.41) is 12.8. The maximum absolute atomic E-state index is 12.4. The molecule has 0 atom stereocenters. The van der Waals surface area contributed by atoms with Gasteiger partial charge in [0.1, 0.15) is 4.90 Å². The van der Waals surface area contributed by atoms with Crippen LogP contribution >= 0.6 is 0 Å². The first-order valence-corrected chi connectivity index (χ1v) is 7.76. The number of aromatic nitrogens is 2. The highest BCUT2D eigenvalue weighted by Crippen LogP contribution is 2.21.